The molecule has 0 fully saturated rings. The van der Waals surface area contributed by atoms with E-state index in [1.54, 1.807) is 18.2 Å². The van der Waals surface area contributed by atoms with Crippen LogP contribution in [-0.2, 0) is 0 Å². The number of hydrogen-bond donors (Lipinski definition) is 0. The van der Waals surface area contributed by atoms with Crippen molar-refractivity contribution in [2.75, 3.05) is 0 Å². The lowest BCUT2D eigenvalue weighted by Crippen LogP contribution is -1.88. The van der Waals surface area contributed by atoms with E-state index in [1.165, 1.54) is 23.5 Å². The van der Waals surface area contributed by atoms with Gasteiger partial charge in [0.2, 0.25) is 0 Å². The summed E-state index contributed by atoms with van der Waals surface area (Å²) in [6.07, 6.45) is 1.68. The van der Waals surface area contributed by atoms with Gasteiger partial charge in [-0.1, -0.05) is 23.2 Å². The summed E-state index contributed by atoms with van der Waals surface area (Å²) >= 11 is 7.66. The van der Waals surface area contributed by atoms with Gasteiger partial charge in [0.25, 0.3) is 5.69 Å². The number of pyridine rings is 1. The summed E-state index contributed by atoms with van der Waals surface area (Å²) in [5.74, 6) is 0. The third-order valence-corrected chi connectivity index (χ3v) is 5.66. The smallest absolute Gasteiger partial charge is 0.258 e. The van der Waals surface area contributed by atoms with E-state index in [-0.39, 0.29) is 5.69 Å². The maximum absolute atomic E-state index is 10.8. The van der Waals surface area contributed by atoms with Crippen LogP contribution in [0.1, 0.15) is 16.1 Å². The maximum Gasteiger partial charge on any atom is 0.269 e. The van der Waals surface area contributed by atoms with E-state index in [4.69, 9.17) is 11.6 Å². The highest BCUT2D eigenvalue weighted by atomic mass is 35.5. The first-order valence-corrected chi connectivity index (χ1v) is 10.1. The molecule has 0 aliphatic rings. The normalized spacial score (nSPS) is 11.4. The summed E-state index contributed by atoms with van der Waals surface area (Å²) in [7, 11) is 0. The van der Waals surface area contributed by atoms with E-state index in [0.717, 1.165) is 22.0 Å². The predicted molar refractivity (Wildman–Crippen MR) is 119 cm³/mol. The minimum Gasteiger partial charge on any atom is -0.258 e. The summed E-state index contributed by atoms with van der Waals surface area (Å²) in [6.45, 7) is 2.00. The highest BCUT2D eigenvalue weighted by Gasteiger charge is 2.12. The van der Waals surface area contributed by atoms with Crippen molar-refractivity contribution in [2.24, 2.45) is 0 Å². The molecule has 0 unspecified atom stereocenters. The number of aromatic nitrogens is 2. The molecule has 0 spiro atoms. The fraction of sp³-hybridized carbons (Fsp3) is 0.0455. The van der Waals surface area contributed by atoms with Crippen molar-refractivity contribution in [2.45, 2.75) is 6.92 Å². The Hall–Kier alpha value is -3.60. The minimum absolute atomic E-state index is 0.0143. The fourth-order valence-corrected chi connectivity index (χ4v) is 3.97. The Labute approximate surface area is 180 Å². The largest absolute Gasteiger partial charge is 0.269 e. The van der Waals surface area contributed by atoms with E-state index in [1.807, 2.05) is 36.6 Å². The topological polar surface area (TPSA) is 92.7 Å². The number of nitrogens with zero attached hydrogens (tertiary/aromatic N) is 4. The van der Waals surface area contributed by atoms with Gasteiger partial charge >= 0.3 is 0 Å². The number of non-ortho nitro benzene ring substituents is 1. The minimum atomic E-state index is -0.449. The molecule has 4 aromatic rings. The molecule has 0 bridgehead atoms. The summed E-state index contributed by atoms with van der Waals surface area (Å²) in [6, 6.07) is 16.1. The van der Waals surface area contributed by atoms with Gasteiger partial charge in [0.1, 0.15) is 16.2 Å². The molecule has 0 N–H and O–H groups in total. The lowest BCUT2D eigenvalue weighted by molar-refractivity contribution is -0.384. The zero-order valence-corrected chi connectivity index (χ0v) is 17.2. The molecule has 6 nitrogen and oxygen atoms in total. The van der Waals surface area contributed by atoms with E-state index in [9.17, 15) is 15.4 Å². The molecule has 2 aromatic heterocycles. The fourth-order valence-electron chi connectivity index (χ4n) is 2.97. The number of hydrogen-bond acceptors (Lipinski definition) is 6. The van der Waals surface area contributed by atoms with E-state index in [2.05, 4.69) is 16.0 Å². The molecule has 0 amide bonds. The molecule has 8 heteroatoms. The maximum atomic E-state index is 10.8. The molecule has 0 aliphatic heterocycles. The molecule has 0 saturated carbocycles. The Bertz CT molecular complexity index is 1350. The van der Waals surface area contributed by atoms with Gasteiger partial charge < -0.3 is 0 Å². The Morgan fingerprint density at radius 3 is 2.67 bits per heavy atom. The molecule has 4 rings (SSSR count). The number of rotatable bonds is 4. The van der Waals surface area contributed by atoms with Crippen molar-refractivity contribution in [3.8, 4) is 17.3 Å². The van der Waals surface area contributed by atoms with Crippen molar-refractivity contribution in [1.29, 1.82) is 5.26 Å². The Kier molecular flexibility index (Phi) is 5.27. The molecular weight excluding hydrogens is 420 g/mol. The number of thiazole rings is 1. The van der Waals surface area contributed by atoms with Gasteiger partial charge in [0.05, 0.1) is 21.7 Å². The van der Waals surface area contributed by atoms with Crippen molar-refractivity contribution < 1.29 is 4.92 Å². The van der Waals surface area contributed by atoms with Crippen molar-refractivity contribution in [3.63, 3.8) is 0 Å². The number of halogens is 1. The second-order valence-corrected chi connectivity index (χ2v) is 7.79. The number of nitriles is 1. The Morgan fingerprint density at radius 2 is 1.97 bits per heavy atom. The van der Waals surface area contributed by atoms with Crippen LogP contribution in [0.4, 0.5) is 5.69 Å². The average molecular weight is 433 g/mol. The van der Waals surface area contributed by atoms with Gasteiger partial charge in [-0.15, -0.1) is 11.3 Å². The van der Waals surface area contributed by atoms with Crippen molar-refractivity contribution >= 4 is 51.2 Å². The quantitative estimate of drug-likeness (QED) is 0.163. The highest BCUT2D eigenvalue weighted by molar-refractivity contribution is 7.11. The second kappa shape index (κ2) is 8.03. The third-order valence-electron chi connectivity index (χ3n) is 4.48. The molecule has 0 aliphatic carbocycles. The van der Waals surface area contributed by atoms with Crippen LogP contribution in [-0.4, -0.2) is 14.9 Å². The molecule has 2 heterocycles. The van der Waals surface area contributed by atoms with Crippen LogP contribution in [0.25, 0.3) is 33.8 Å². The van der Waals surface area contributed by atoms with Crippen LogP contribution in [0.2, 0.25) is 5.15 Å². The van der Waals surface area contributed by atoms with Gasteiger partial charge in [0, 0.05) is 34.0 Å². The lowest BCUT2D eigenvalue weighted by Gasteiger charge is -2.04. The molecule has 0 saturated heterocycles. The molecule has 2 aromatic carbocycles. The molecular formula is C22H13ClN4O2S. The summed E-state index contributed by atoms with van der Waals surface area (Å²) in [5.41, 5.74) is 4.29. The van der Waals surface area contributed by atoms with Crippen molar-refractivity contribution in [3.05, 3.63) is 85.3 Å². The van der Waals surface area contributed by atoms with Crippen molar-refractivity contribution in [1.82, 2.24) is 9.97 Å². The highest BCUT2D eigenvalue weighted by Crippen LogP contribution is 2.30. The van der Waals surface area contributed by atoms with E-state index in [0.29, 0.717) is 27.0 Å². The van der Waals surface area contributed by atoms with Gasteiger partial charge in [-0.3, -0.25) is 10.1 Å². The molecule has 0 atom stereocenters. The molecule has 30 heavy (non-hydrogen) atoms. The van der Waals surface area contributed by atoms with Crippen LogP contribution in [0.15, 0.2) is 53.9 Å². The first-order chi connectivity index (χ1) is 14.4. The van der Waals surface area contributed by atoms with Crippen LogP contribution in [0.5, 0.6) is 0 Å². The van der Waals surface area contributed by atoms with Crippen LogP contribution < -0.4 is 0 Å². The van der Waals surface area contributed by atoms with E-state index < -0.39 is 4.92 Å². The Morgan fingerprint density at radius 1 is 1.20 bits per heavy atom. The monoisotopic (exact) mass is 432 g/mol. The summed E-state index contributed by atoms with van der Waals surface area (Å²) in [5, 5.41) is 24.1. The van der Waals surface area contributed by atoms with Crippen LogP contribution >= 0.6 is 22.9 Å². The predicted octanol–water partition coefficient (Wildman–Crippen LogP) is 6.29. The standard InChI is InChI=1S/C22H13ClN4O2S/c1-13-2-7-19-15(8-13)9-16(21(23)25-19)10-17(11-24)22-26-20(12-30-22)14-3-5-18(6-4-14)27(28)29/h2-10,12H,1H3. The zero-order valence-electron chi connectivity index (χ0n) is 15.7. The molecule has 146 valence electrons. The lowest BCUT2D eigenvalue weighted by atomic mass is 10.1. The number of nitro benzene ring substituents is 1. The third kappa shape index (κ3) is 3.92. The van der Waals surface area contributed by atoms with Gasteiger partial charge in [-0.05, 0) is 43.3 Å². The van der Waals surface area contributed by atoms with Gasteiger partial charge in [-0.2, -0.15) is 5.26 Å². The summed E-state index contributed by atoms with van der Waals surface area (Å²) < 4.78 is 0. The number of nitro groups is 1. The zero-order chi connectivity index (χ0) is 21.3. The summed E-state index contributed by atoms with van der Waals surface area (Å²) in [4.78, 5) is 19.3. The van der Waals surface area contributed by atoms with Crippen LogP contribution in [0, 0.1) is 28.4 Å². The van der Waals surface area contributed by atoms with Gasteiger partial charge in [0.15, 0.2) is 0 Å². The number of allylic oxidation sites excluding steroid dienone is 1. The van der Waals surface area contributed by atoms with Crippen LogP contribution in [0.3, 0.4) is 0 Å². The van der Waals surface area contributed by atoms with E-state index >= 15 is 0 Å². The second-order valence-electron chi connectivity index (χ2n) is 6.58. The molecule has 0 radical (unpaired) electrons. The first kappa shape index (κ1) is 19.7. The average Bonchev–Trinajstić information content (AvgIpc) is 3.22. The number of aryl methyl sites for hydroxylation is 1. The number of benzene rings is 2. The van der Waals surface area contributed by atoms with Gasteiger partial charge in [-0.25, -0.2) is 9.97 Å². The SMILES string of the molecule is Cc1ccc2nc(Cl)c(C=C(C#N)c3nc(-c4ccc([N+](=O)[O-])cc4)cs3)cc2c1. The number of fused-ring (bicyclic) bond motifs is 1. The Balaban J connectivity index is 1.70. The first-order valence-electron chi connectivity index (χ1n) is 8.84.